The highest BCUT2D eigenvalue weighted by atomic mass is 35.5. The van der Waals surface area contributed by atoms with Crippen LogP contribution in [0.15, 0.2) is 72.8 Å². The number of aromatic nitrogens is 4. The zero-order chi connectivity index (χ0) is 25.1. The summed E-state index contributed by atoms with van der Waals surface area (Å²) in [7, 11) is 0. The van der Waals surface area contributed by atoms with E-state index < -0.39 is 6.04 Å². The molecule has 2 heterocycles. The second-order valence-corrected chi connectivity index (χ2v) is 9.09. The highest BCUT2D eigenvalue weighted by molar-refractivity contribution is 6.32. The van der Waals surface area contributed by atoms with Crippen molar-refractivity contribution >= 4 is 34.4 Å². The van der Waals surface area contributed by atoms with E-state index in [1.165, 1.54) is 0 Å². The zero-order valence-electron chi connectivity index (χ0n) is 19.7. The van der Waals surface area contributed by atoms with E-state index in [2.05, 4.69) is 25.8 Å². The first-order valence-electron chi connectivity index (χ1n) is 11.6. The van der Waals surface area contributed by atoms with Crippen molar-refractivity contribution in [2.75, 3.05) is 5.73 Å². The number of aromatic amines is 2. The largest absolute Gasteiger partial charge is 0.382 e. The topological polar surface area (TPSA) is 125 Å². The van der Waals surface area contributed by atoms with Crippen LogP contribution in [0.5, 0.6) is 0 Å². The zero-order valence-corrected chi connectivity index (χ0v) is 20.4. The summed E-state index contributed by atoms with van der Waals surface area (Å²) < 4.78 is 0. The Bertz CT molecular complexity index is 1510. The molecule has 0 fully saturated rings. The molecule has 0 aliphatic carbocycles. The predicted molar refractivity (Wildman–Crippen MR) is 143 cm³/mol. The molecule has 0 saturated carbocycles. The standard InChI is InChI=1S/C27H26ClN7O/c1-16-6-5-9-18(12-16)15-30-27(36)31-22(13-17-7-3-2-4-8-17)26-32-23(24(28)33-26)19-10-11-20-21(14-19)34-35-25(20)29/h2-12,14,22H,13,15H2,1H3,(H,32,33)(H3,29,34,35)(H2,30,31,36). The van der Waals surface area contributed by atoms with Crippen LogP contribution in [0, 0.1) is 6.92 Å². The van der Waals surface area contributed by atoms with Gasteiger partial charge in [-0.05, 0) is 36.6 Å². The molecule has 1 unspecified atom stereocenters. The van der Waals surface area contributed by atoms with E-state index in [0.29, 0.717) is 35.5 Å². The maximum Gasteiger partial charge on any atom is 0.315 e. The molecule has 182 valence electrons. The minimum Gasteiger partial charge on any atom is -0.382 e. The molecule has 2 aromatic heterocycles. The Balaban J connectivity index is 1.39. The molecule has 0 saturated heterocycles. The predicted octanol–water partition coefficient (Wildman–Crippen LogP) is 5.28. The van der Waals surface area contributed by atoms with Crippen molar-refractivity contribution < 1.29 is 4.79 Å². The van der Waals surface area contributed by atoms with Crippen LogP contribution in [-0.4, -0.2) is 26.2 Å². The number of hydrogen-bond acceptors (Lipinski definition) is 4. The number of nitrogens with two attached hydrogens (primary N) is 1. The highest BCUT2D eigenvalue weighted by Gasteiger charge is 2.22. The van der Waals surface area contributed by atoms with E-state index in [9.17, 15) is 4.79 Å². The summed E-state index contributed by atoms with van der Waals surface area (Å²) in [6.07, 6.45) is 0.540. The van der Waals surface area contributed by atoms with Crippen molar-refractivity contribution in [2.24, 2.45) is 0 Å². The van der Waals surface area contributed by atoms with Crippen molar-refractivity contribution in [2.45, 2.75) is 25.9 Å². The number of anilines is 1. The Morgan fingerprint density at radius 3 is 2.67 bits per heavy atom. The molecule has 0 bridgehead atoms. The summed E-state index contributed by atoms with van der Waals surface area (Å²) in [6, 6.07) is 22.9. The van der Waals surface area contributed by atoms with Gasteiger partial charge < -0.3 is 21.4 Å². The molecule has 5 aromatic rings. The SMILES string of the molecule is Cc1cccc(CNC(=O)NC(Cc2ccccc2)c2nc(-c3ccc4c(N)n[nH]c4c3)c(Cl)[nH]2)c1. The number of carbonyl (C=O) groups excluding carboxylic acids is 1. The average Bonchev–Trinajstić information content (AvgIpc) is 3.45. The van der Waals surface area contributed by atoms with E-state index in [-0.39, 0.29) is 6.03 Å². The number of halogens is 1. The Labute approximate surface area is 213 Å². The van der Waals surface area contributed by atoms with Gasteiger partial charge in [-0.15, -0.1) is 0 Å². The van der Waals surface area contributed by atoms with Crippen LogP contribution in [0.1, 0.15) is 28.6 Å². The molecule has 0 spiro atoms. The summed E-state index contributed by atoms with van der Waals surface area (Å²) >= 11 is 6.58. The first-order valence-corrected chi connectivity index (χ1v) is 12.0. The van der Waals surface area contributed by atoms with Gasteiger partial charge in [-0.2, -0.15) is 5.10 Å². The van der Waals surface area contributed by atoms with E-state index in [1.54, 1.807) is 0 Å². The van der Waals surface area contributed by atoms with Crippen LogP contribution in [0.2, 0.25) is 5.15 Å². The van der Waals surface area contributed by atoms with Crippen molar-refractivity contribution in [3.8, 4) is 11.3 Å². The fourth-order valence-electron chi connectivity index (χ4n) is 4.19. The third kappa shape index (κ3) is 5.18. The third-order valence-corrected chi connectivity index (χ3v) is 6.27. The van der Waals surface area contributed by atoms with Crippen LogP contribution in [0.4, 0.5) is 10.6 Å². The fourth-order valence-corrected chi connectivity index (χ4v) is 4.44. The van der Waals surface area contributed by atoms with E-state index in [0.717, 1.165) is 33.2 Å². The number of fused-ring (bicyclic) bond motifs is 1. The number of carbonyl (C=O) groups is 1. The van der Waals surface area contributed by atoms with E-state index in [4.69, 9.17) is 22.3 Å². The number of imidazole rings is 1. The van der Waals surface area contributed by atoms with Crippen LogP contribution < -0.4 is 16.4 Å². The van der Waals surface area contributed by atoms with Crippen LogP contribution in [-0.2, 0) is 13.0 Å². The lowest BCUT2D eigenvalue weighted by atomic mass is 10.1. The van der Waals surface area contributed by atoms with Crippen LogP contribution in [0.25, 0.3) is 22.2 Å². The van der Waals surface area contributed by atoms with E-state index >= 15 is 0 Å². The molecule has 2 amide bonds. The summed E-state index contributed by atoms with van der Waals surface area (Å²) in [5.41, 5.74) is 11.3. The minimum atomic E-state index is -0.428. The Morgan fingerprint density at radius 2 is 1.86 bits per heavy atom. The Hall–Kier alpha value is -4.30. The molecule has 8 nitrogen and oxygen atoms in total. The minimum absolute atomic E-state index is 0.291. The lowest BCUT2D eigenvalue weighted by Gasteiger charge is -2.18. The van der Waals surface area contributed by atoms with Gasteiger partial charge in [0, 0.05) is 17.5 Å². The lowest BCUT2D eigenvalue weighted by molar-refractivity contribution is 0.236. The number of urea groups is 1. The molecule has 9 heteroatoms. The number of rotatable bonds is 7. The first kappa shape index (κ1) is 23.4. The van der Waals surface area contributed by atoms with E-state index in [1.807, 2.05) is 79.7 Å². The number of nitrogens with one attached hydrogen (secondary N) is 4. The number of aryl methyl sites for hydroxylation is 1. The van der Waals surface area contributed by atoms with Crippen molar-refractivity contribution in [3.05, 3.63) is 100 Å². The van der Waals surface area contributed by atoms with Crippen LogP contribution in [0.3, 0.4) is 0 Å². The molecular weight excluding hydrogens is 474 g/mol. The van der Waals surface area contributed by atoms with Crippen LogP contribution >= 0.6 is 11.6 Å². The number of hydrogen-bond donors (Lipinski definition) is 5. The molecule has 0 aliphatic heterocycles. The number of amides is 2. The second-order valence-electron chi connectivity index (χ2n) is 8.71. The molecule has 3 aromatic carbocycles. The van der Waals surface area contributed by atoms with Crippen molar-refractivity contribution in [1.82, 2.24) is 30.8 Å². The van der Waals surface area contributed by atoms with Gasteiger partial charge in [-0.3, -0.25) is 5.10 Å². The van der Waals surface area contributed by atoms with Gasteiger partial charge in [0.1, 0.15) is 16.7 Å². The van der Waals surface area contributed by atoms with Gasteiger partial charge in [0.05, 0.1) is 11.6 Å². The fraction of sp³-hybridized carbons (Fsp3) is 0.148. The van der Waals surface area contributed by atoms with Gasteiger partial charge in [0.15, 0.2) is 5.82 Å². The molecular formula is C27H26ClN7O. The maximum atomic E-state index is 12.9. The number of nitrogen functional groups attached to an aromatic ring is 1. The smallest absolute Gasteiger partial charge is 0.315 e. The average molecular weight is 500 g/mol. The molecule has 5 rings (SSSR count). The molecule has 0 aliphatic rings. The van der Waals surface area contributed by atoms with Crippen molar-refractivity contribution in [3.63, 3.8) is 0 Å². The highest BCUT2D eigenvalue weighted by Crippen LogP contribution is 2.31. The molecule has 1 atom stereocenters. The quantitative estimate of drug-likeness (QED) is 0.209. The molecule has 6 N–H and O–H groups in total. The maximum absolute atomic E-state index is 12.9. The Kier molecular flexibility index (Phi) is 6.60. The third-order valence-electron chi connectivity index (χ3n) is 6.00. The van der Waals surface area contributed by atoms with Gasteiger partial charge >= 0.3 is 6.03 Å². The molecule has 36 heavy (non-hydrogen) atoms. The monoisotopic (exact) mass is 499 g/mol. The Morgan fingerprint density at radius 1 is 1.06 bits per heavy atom. The van der Waals surface area contributed by atoms with Crippen molar-refractivity contribution in [1.29, 1.82) is 0 Å². The van der Waals surface area contributed by atoms with Gasteiger partial charge in [-0.25, -0.2) is 9.78 Å². The van der Waals surface area contributed by atoms with Gasteiger partial charge in [-0.1, -0.05) is 77.8 Å². The summed E-state index contributed by atoms with van der Waals surface area (Å²) in [6.45, 7) is 2.44. The number of H-pyrrole nitrogens is 2. The second kappa shape index (κ2) is 10.1. The number of benzene rings is 3. The summed E-state index contributed by atoms with van der Waals surface area (Å²) in [5, 5.41) is 14.2. The number of nitrogens with zero attached hydrogens (tertiary/aromatic N) is 2. The summed E-state index contributed by atoms with van der Waals surface area (Å²) in [4.78, 5) is 20.8. The van der Waals surface area contributed by atoms with Gasteiger partial charge in [0.2, 0.25) is 0 Å². The summed E-state index contributed by atoms with van der Waals surface area (Å²) in [5.74, 6) is 1.00. The van der Waals surface area contributed by atoms with Gasteiger partial charge in [0.25, 0.3) is 0 Å². The normalized spacial score (nSPS) is 11.9. The first-order chi connectivity index (χ1) is 17.5. The lowest BCUT2D eigenvalue weighted by Crippen LogP contribution is -2.38. The molecule has 0 radical (unpaired) electrons.